The number of unbranched alkanes of at least 4 members (excludes halogenated alkanes) is 18. The molecule has 0 fully saturated rings. The summed E-state index contributed by atoms with van der Waals surface area (Å²) in [5.41, 5.74) is 0. The average Bonchev–Trinajstić information content (AvgIpc) is 3.10. The molecule has 0 saturated carbocycles. The second-order valence-corrected chi connectivity index (χ2v) is 16.8. The van der Waals surface area contributed by atoms with Crippen LogP contribution in [0.5, 0.6) is 0 Å². The van der Waals surface area contributed by atoms with Crippen LogP contribution >= 0.6 is 7.82 Å². The molecule has 0 aromatic rings. The molecule has 0 radical (unpaired) electrons. The molecule has 0 aliphatic heterocycles. The van der Waals surface area contributed by atoms with Gasteiger partial charge in [-0.05, 0) is 44.9 Å². The van der Waals surface area contributed by atoms with Crippen molar-refractivity contribution >= 4 is 19.8 Å². The van der Waals surface area contributed by atoms with Gasteiger partial charge in [-0.25, -0.2) is 4.57 Å². The molecular formula is C43H81NO8P+. The number of nitrogens with zero attached hydrogens (tertiary/aromatic N) is 1. The van der Waals surface area contributed by atoms with Crippen molar-refractivity contribution in [3.8, 4) is 0 Å². The summed E-state index contributed by atoms with van der Waals surface area (Å²) >= 11 is 0. The van der Waals surface area contributed by atoms with Crippen LogP contribution in [0.4, 0.5) is 0 Å². The fraction of sp³-hybridized carbons (Fsp3) is 0.814. The third kappa shape index (κ3) is 39.7. The molecule has 310 valence electrons. The monoisotopic (exact) mass is 771 g/mol. The van der Waals surface area contributed by atoms with E-state index in [9.17, 15) is 19.0 Å². The molecular weight excluding hydrogens is 689 g/mol. The van der Waals surface area contributed by atoms with Crippen LogP contribution in [-0.4, -0.2) is 74.9 Å². The smallest absolute Gasteiger partial charge is 0.462 e. The fourth-order valence-electron chi connectivity index (χ4n) is 5.56. The normalized spacial score (nSPS) is 14.0. The number of likely N-dealkylation sites (N-methyl/N-ethyl adjacent to an activating group) is 1. The van der Waals surface area contributed by atoms with Gasteiger partial charge in [0.15, 0.2) is 6.10 Å². The van der Waals surface area contributed by atoms with E-state index in [2.05, 4.69) is 50.3 Å². The third-order valence-corrected chi connectivity index (χ3v) is 9.91. The summed E-state index contributed by atoms with van der Waals surface area (Å²) in [7, 11) is 1.45. The molecule has 1 N–H and O–H groups in total. The molecule has 0 bridgehead atoms. The van der Waals surface area contributed by atoms with Gasteiger partial charge >= 0.3 is 19.8 Å². The highest BCUT2D eigenvalue weighted by Crippen LogP contribution is 2.43. The van der Waals surface area contributed by atoms with Crippen LogP contribution in [0.2, 0.25) is 0 Å². The molecule has 0 spiro atoms. The van der Waals surface area contributed by atoms with E-state index in [0.717, 1.165) is 32.1 Å². The van der Waals surface area contributed by atoms with Crippen LogP contribution in [-0.2, 0) is 32.7 Å². The molecule has 2 atom stereocenters. The van der Waals surface area contributed by atoms with Gasteiger partial charge in [0.2, 0.25) is 0 Å². The van der Waals surface area contributed by atoms with Gasteiger partial charge in [0.25, 0.3) is 0 Å². The molecule has 0 saturated heterocycles. The number of phosphoric ester groups is 1. The molecule has 0 heterocycles. The lowest BCUT2D eigenvalue weighted by Crippen LogP contribution is -2.37. The number of rotatable bonds is 38. The largest absolute Gasteiger partial charge is 0.472 e. The van der Waals surface area contributed by atoms with E-state index in [1.807, 2.05) is 21.1 Å². The summed E-state index contributed by atoms with van der Waals surface area (Å²) in [4.78, 5) is 35.2. The van der Waals surface area contributed by atoms with E-state index in [1.54, 1.807) is 0 Å². The van der Waals surface area contributed by atoms with Crippen molar-refractivity contribution in [2.24, 2.45) is 0 Å². The standard InChI is InChI=1S/C43H80NO8P/c1-6-8-10-12-14-16-18-20-21-22-23-24-26-27-29-31-33-35-42(45)49-39-41(40-51-53(47,48)50-38-37-44(3,4)5)52-43(46)36-34-32-30-28-25-19-17-15-13-11-9-7-2/h20-21,23-24,27,29,41H,6-19,22,25-26,28,30-40H2,1-5H3/p+1/b21-20+,24-23+,29-27+/t41-/m0/s1. The van der Waals surface area contributed by atoms with Crippen molar-refractivity contribution in [3.63, 3.8) is 0 Å². The highest BCUT2D eigenvalue weighted by Gasteiger charge is 2.27. The van der Waals surface area contributed by atoms with Crippen LogP contribution in [0.3, 0.4) is 0 Å². The highest BCUT2D eigenvalue weighted by atomic mass is 31.2. The number of ether oxygens (including phenoxy) is 2. The first kappa shape index (κ1) is 51.2. The number of carbonyl (C=O) groups excluding carboxylic acids is 2. The number of allylic oxidation sites excluding steroid dienone is 6. The molecule has 0 aliphatic rings. The van der Waals surface area contributed by atoms with E-state index in [0.29, 0.717) is 23.9 Å². The number of carbonyl (C=O) groups is 2. The lowest BCUT2D eigenvalue weighted by atomic mass is 10.0. The Hall–Kier alpha value is -1.77. The number of hydrogen-bond donors (Lipinski definition) is 1. The van der Waals surface area contributed by atoms with Crippen LogP contribution in [0.15, 0.2) is 36.5 Å². The zero-order valence-corrected chi connectivity index (χ0v) is 35.6. The first-order chi connectivity index (χ1) is 25.5. The average molecular weight is 771 g/mol. The lowest BCUT2D eigenvalue weighted by molar-refractivity contribution is -0.870. The van der Waals surface area contributed by atoms with Crippen molar-refractivity contribution < 1.29 is 42.1 Å². The van der Waals surface area contributed by atoms with Crippen molar-refractivity contribution in [2.75, 3.05) is 47.5 Å². The molecule has 0 aromatic carbocycles. The Morgan fingerprint density at radius 1 is 0.585 bits per heavy atom. The fourth-order valence-corrected chi connectivity index (χ4v) is 6.30. The molecule has 9 nitrogen and oxygen atoms in total. The molecule has 10 heteroatoms. The summed E-state index contributed by atoms with van der Waals surface area (Å²) in [6.45, 7) is 4.35. The topological polar surface area (TPSA) is 108 Å². The number of hydrogen-bond acceptors (Lipinski definition) is 7. The van der Waals surface area contributed by atoms with Gasteiger partial charge in [-0.3, -0.25) is 18.6 Å². The summed E-state index contributed by atoms with van der Waals surface area (Å²) in [5.74, 6) is -0.858. The Bertz CT molecular complexity index is 1010. The molecule has 1 unspecified atom stereocenters. The van der Waals surface area contributed by atoms with Crippen molar-refractivity contribution in [1.29, 1.82) is 0 Å². The van der Waals surface area contributed by atoms with E-state index < -0.39 is 32.5 Å². The predicted octanol–water partition coefficient (Wildman–Crippen LogP) is 11.7. The number of phosphoric acid groups is 1. The Morgan fingerprint density at radius 3 is 1.57 bits per heavy atom. The van der Waals surface area contributed by atoms with Gasteiger partial charge in [-0.2, -0.15) is 0 Å². The molecule has 53 heavy (non-hydrogen) atoms. The van der Waals surface area contributed by atoms with E-state index in [1.165, 1.54) is 103 Å². The van der Waals surface area contributed by atoms with E-state index >= 15 is 0 Å². The Balaban J connectivity index is 4.45. The Labute approximate surface area is 325 Å². The van der Waals surface area contributed by atoms with E-state index in [-0.39, 0.29) is 26.1 Å². The van der Waals surface area contributed by atoms with Gasteiger partial charge in [-0.15, -0.1) is 0 Å². The summed E-state index contributed by atoms with van der Waals surface area (Å²) < 4.78 is 34.2. The molecule has 0 amide bonds. The minimum Gasteiger partial charge on any atom is -0.462 e. The third-order valence-electron chi connectivity index (χ3n) is 8.92. The SMILES string of the molecule is CCCCCCCC/C=C/C/C=C/C/C=C/CCCC(=O)OC[C@@H](COP(=O)(O)OCC[N+](C)(C)C)OC(=O)CCCCCCCCCCCCCC. The van der Waals surface area contributed by atoms with Gasteiger partial charge in [0.1, 0.15) is 19.8 Å². The maximum atomic E-state index is 12.6. The zero-order valence-electron chi connectivity index (χ0n) is 34.7. The van der Waals surface area contributed by atoms with Gasteiger partial charge in [0.05, 0.1) is 27.7 Å². The quantitative estimate of drug-likeness (QED) is 0.0217. The predicted molar refractivity (Wildman–Crippen MR) is 220 cm³/mol. The number of esters is 2. The van der Waals surface area contributed by atoms with E-state index in [4.69, 9.17) is 18.5 Å². The van der Waals surface area contributed by atoms with Crippen LogP contribution in [0.1, 0.15) is 174 Å². The Morgan fingerprint density at radius 2 is 1.04 bits per heavy atom. The van der Waals surface area contributed by atoms with Crippen LogP contribution in [0, 0.1) is 0 Å². The molecule has 0 aliphatic carbocycles. The Kier molecular flexibility index (Phi) is 34.7. The van der Waals surface area contributed by atoms with Crippen molar-refractivity contribution in [2.45, 2.75) is 180 Å². The van der Waals surface area contributed by atoms with Crippen LogP contribution < -0.4 is 0 Å². The summed E-state index contributed by atoms with van der Waals surface area (Å²) in [6.07, 6.45) is 39.1. The number of quaternary nitrogens is 1. The minimum atomic E-state index is -4.38. The second-order valence-electron chi connectivity index (χ2n) is 15.4. The second kappa shape index (κ2) is 35.9. The summed E-state index contributed by atoms with van der Waals surface area (Å²) in [6, 6.07) is 0. The van der Waals surface area contributed by atoms with Gasteiger partial charge < -0.3 is 18.9 Å². The van der Waals surface area contributed by atoms with Crippen LogP contribution in [0.25, 0.3) is 0 Å². The maximum absolute atomic E-state index is 12.6. The first-order valence-electron chi connectivity index (χ1n) is 21.2. The van der Waals surface area contributed by atoms with Crippen molar-refractivity contribution in [3.05, 3.63) is 36.5 Å². The zero-order chi connectivity index (χ0) is 39.3. The molecule has 0 rings (SSSR count). The minimum absolute atomic E-state index is 0.0249. The lowest BCUT2D eigenvalue weighted by Gasteiger charge is -2.24. The first-order valence-corrected chi connectivity index (χ1v) is 22.7. The molecule has 0 aromatic heterocycles. The highest BCUT2D eigenvalue weighted by molar-refractivity contribution is 7.47. The van der Waals surface area contributed by atoms with Gasteiger partial charge in [0, 0.05) is 12.8 Å². The van der Waals surface area contributed by atoms with Crippen molar-refractivity contribution in [1.82, 2.24) is 0 Å². The summed E-state index contributed by atoms with van der Waals surface area (Å²) in [5, 5.41) is 0. The maximum Gasteiger partial charge on any atom is 0.472 e. The van der Waals surface area contributed by atoms with Gasteiger partial charge in [-0.1, -0.05) is 153 Å².